The van der Waals surface area contributed by atoms with Gasteiger partial charge in [-0.05, 0) is 77.7 Å². The number of aromatic nitrogens is 1. The Balaban J connectivity index is 1.50. The highest BCUT2D eigenvalue weighted by atomic mass is 16.3. The van der Waals surface area contributed by atoms with Crippen molar-refractivity contribution in [1.82, 2.24) is 9.88 Å². The van der Waals surface area contributed by atoms with Crippen molar-refractivity contribution in [2.75, 3.05) is 23.8 Å². The Hall–Kier alpha value is -3.48. The summed E-state index contributed by atoms with van der Waals surface area (Å²) in [5, 5.41) is 16.5. The molecule has 33 heavy (non-hydrogen) atoms. The molecular formula is C27H28N4O2. The number of hydrogen-bond donors (Lipinski definition) is 3. The first-order valence-corrected chi connectivity index (χ1v) is 11.3. The van der Waals surface area contributed by atoms with E-state index in [4.69, 9.17) is 0 Å². The Morgan fingerprint density at radius 1 is 1.18 bits per heavy atom. The number of pyridine rings is 1. The summed E-state index contributed by atoms with van der Waals surface area (Å²) in [4.78, 5) is 18.4. The highest BCUT2D eigenvalue weighted by molar-refractivity contribution is 5.99. The molecular weight excluding hydrogens is 412 g/mol. The number of hydrogen-bond acceptors (Lipinski definition) is 5. The Bertz CT molecular complexity index is 1160. The number of likely N-dealkylation sites (tertiary alicyclic amines) is 1. The molecule has 1 aromatic heterocycles. The lowest BCUT2D eigenvalue weighted by molar-refractivity contribution is -0.111. The van der Waals surface area contributed by atoms with Gasteiger partial charge in [0.05, 0.1) is 12.6 Å². The van der Waals surface area contributed by atoms with Crippen molar-refractivity contribution in [3.8, 4) is 11.1 Å². The zero-order valence-electron chi connectivity index (χ0n) is 18.4. The molecule has 6 heteroatoms. The van der Waals surface area contributed by atoms with Crippen molar-refractivity contribution >= 4 is 17.3 Å². The lowest BCUT2D eigenvalue weighted by Gasteiger charge is -2.39. The van der Waals surface area contributed by atoms with Gasteiger partial charge in [0.2, 0.25) is 5.91 Å². The van der Waals surface area contributed by atoms with E-state index in [2.05, 4.69) is 63.5 Å². The number of fused-ring (bicyclic) bond motifs is 3. The number of rotatable bonds is 6. The number of nitrogens with one attached hydrogen (secondary N) is 2. The van der Waals surface area contributed by atoms with Gasteiger partial charge in [0.25, 0.3) is 0 Å². The van der Waals surface area contributed by atoms with Crippen LogP contribution in [0.2, 0.25) is 0 Å². The number of nitrogens with zero attached hydrogens (tertiary/aromatic N) is 2. The first-order valence-electron chi connectivity index (χ1n) is 11.3. The number of aliphatic hydroxyl groups excluding tert-OH is 1. The van der Waals surface area contributed by atoms with Crippen LogP contribution in [0.25, 0.3) is 11.1 Å². The molecule has 2 aliphatic heterocycles. The fourth-order valence-corrected chi connectivity index (χ4v) is 5.21. The second kappa shape index (κ2) is 9.17. The van der Waals surface area contributed by atoms with Crippen LogP contribution in [0.3, 0.4) is 0 Å². The van der Waals surface area contributed by atoms with Crippen molar-refractivity contribution in [3.05, 3.63) is 90.8 Å². The molecule has 5 rings (SSSR count). The zero-order chi connectivity index (χ0) is 22.8. The first kappa shape index (κ1) is 21.4. The van der Waals surface area contributed by atoms with Gasteiger partial charge in [0, 0.05) is 42.3 Å². The van der Waals surface area contributed by atoms with Gasteiger partial charge in [0.1, 0.15) is 0 Å². The SMILES string of the molecule is C=CC(=O)Nc1cccc(-c2ccc3c(c2)[C@H]2[C@H](CCN2Cc2ccncc2)[C@@H](CO)N3)c1. The average Bonchev–Trinajstić information content (AvgIpc) is 3.28. The van der Waals surface area contributed by atoms with Crippen LogP contribution in [0.5, 0.6) is 0 Å². The Kier molecular flexibility index (Phi) is 5.94. The molecule has 3 heterocycles. The highest BCUT2D eigenvalue weighted by Crippen LogP contribution is 2.47. The smallest absolute Gasteiger partial charge is 0.247 e. The summed E-state index contributed by atoms with van der Waals surface area (Å²) in [6.45, 7) is 5.49. The Labute approximate surface area is 194 Å². The fraction of sp³-hybridized carbons (Fsp3) is 0.259. The topological polar surface area (TPSA) is 77.5 Å². The second-order valence-corrected chi connectivity index (χ2v) is 8.73. The van der Waals surface area contributed by atoms with E-state index in [1.165, 1.54) is 17.2 Å². The molecule has 0 spiro atoms. The maximum Gasteiger partial charge on any atom is 0.247 e. The number of amides is 1. The van der Waals surface area contributed by atoms with Crippen molar-refractivity contribution < 1.29 is 9.90 Å². The lowest BCUT2D eigenvalue weighted by Crippen LogP contribution is -2.41. The van der Waals surface area contributed by atoms with Crippen LogP contribution in [0.15, 0.2) is 79.6 Å². The highest BCUT2D eigenvalue weighted by Gasteiger charge is 2.43. The Morgan fingerprint density at radius 3 is 2.79 bits per heavy atom. The molecule has 3 atom stereocenters. The van der Waals surface area contributed by atoms with E-state index in [1.807, 2.05) is 30.6 Å². The van der Waals surface area contributed by atoms with E-state index in [9.17, 15) is 9.90 Å². The summed E-state index contributed by atoms with van der Waals surface area (Å²) in [5.41, 5.74) is 6.47. The summed E-state index contributed by atoms with van der Waals surface area (Å²) in [7, 11) is 0. The monoisotopic (exact) mass is 440 g/mol. The average molecular weight is 441 g/mol. The van der Waals surface area contributed by atoms with Crippen LogP contribution < -0.4 is 10.6 Å². The zero-order valence-corrected chi connectivity index (χ0v) is 18.4. The van der Waals surface area contributed by atoms with Crippen molar-refractivity contribution in [1.29, 1.82) is 0 Å². The number of aliphatic hydroxyl groups is 1. The van der Waals surface area contributed by atoms with E-state index in [0.717, 1.165) is 42.0 Å². The molecule has 0 unspecified atom stereocenters. The van der Waals surface area contributed by atoms with Gasteiger partial charge >= 0.3 is 0 Å². The van der Waals surface area contributed by atoms with Crippen molar-refractivity contribution in [3.63, 3.8) is 0 Å². The molecule has 6 nitrogen and oxygen atoms in total. The minimum atomic E-state index is -0.225. The summed E-state index contributed by atoms with van der Waals surface area (Å²) in [5.74, 6) is 0.121. The summed E-state index contributed by atoms with van der Waals surface area (Å²) >= 11 is 0. The maximum absolute atomic E-state index is 11.7. The molecule has 2 aromatic carbocycles. The summed E-state index contributed by atoms with van der Waals surface area (Å²) < 4.78 is 0. The number of benzene rings is 2. The molecule has 1 fully saturated rings. The van der Waals surface area contributed by atoms with Crippen LogP contribution >= 0.6 is 0 Å². The summed E-state index contributed by atoms with van der Waals surface area (Å²) in [6.07, 6.45) is 5.99. The molecule has 0 saturated carbocycles. The van der Waals surface area contributed by atoms with E-state index in [-0.39, 0.29) is 24.6 Å². The molecule has 3 N–H and O–H groups in total. The molecule has 3 aromatic rings. The number of carbonyl (C=O) groups is 1. The number of anilines is 2. The minimum Gasteiger partial charge on any atom is -0.394 e. The van der Waals surface area contributed by atoms with Gasteiger partial charge in [-0.2, -0.15) is 0 Å². The molecule has 1 amide bonds. The predicted molar refractivity (Wildman–Crippen MR) is 131 cm³/mol. The summed E-state index contributed by atoms with van der Waals surface area (Å²) in [6, 6.07) is 18.7. The van der Waals surface area contributed by atoms with Crippen LogP contribution in [0, 0.1) is 5.92 Å². The van der Waals surface area contributed by atoms with Gasteiger partial charge < -0.3 is 15.7 Å². The fourth-order valence-electron chi connectivity index (χ4n) is 5.21. The quantitative estimate of drug-likeness (QED) is 0.500. The molecule has 168 valence electrons. The van der Waals surface area contributed by atoms with Gasteiger partial charge in [-0.25, -0.2) is 0 Å². The maximum atomic E-state index is 11.7. The van der Waals surface area contributed by atoms with E-state index in [1.54, 1.807) is 0 Å². The molecule has 0 radical (unpaired) electrons. The third kappa shape index (κ3) is 4.27. The van der Waals surface area contributed by atoms with Crippen LogP contribution in [-0.2, 0) is 11.3 Å². The van der Waals surface area contributed by atoms with Gasteiger partial charge in [-0.3, -0.25) is 14.7 Å². The molecule has 2 aliphatic rings. The van der Waals surface area contributed by atoms with Crippen molar-refractivity contribution in [2.24, 2.45) is 5.92 Å². The number of carbonyl (C=O) groups excluding carboxylic acids is 1. The molecule has 0 aliphatic carbocycles. The standard InChI is InChI=1S/C27H28N4O2/c1-2-26(33)29-21-5-3-4-19(14-21)20-6-7-24-23(15-20)27-22(25(17-32)30-24)10-13-31(27)16-18-8-11-28-12-9-18/h2-9,11-12,14-15,22,25,27,30,32H,1,10,13,16-17H2,(H,29,33)/t22-,25-,27-/m1/s1. The first-order chi connectivity index (χ1) is 16.2. The van der Waals surface area contributed by atoms with E-state index in [0.29, 0.717) is 5.92 Å². The normalized spacial score (nSPS) is 21.5. The molecule has 0 bridgehead atoms. The van der Waals surface area contributed by atoms with E-state index >= 15 is 0 Å². The largest absolute Gasteiger partial charge is 0.394 e. The minimum absolute atomic E-state index is 0.0493. The Morgan fingerprint density at radius 2 is 2.00 bits per heavy atom. The third-order valence-corrected chi connectivity index (χ3v) is 6.76. The predicted octanol–water partition coefficient (Wildman–Crippen LogP) is 4.22. The van der Waals surface area contributed by atoms with Gasteiger partial charge in [-0.1, -0.05) is 24.8 Å². The lowest BCUT2D eigenvalue weighted by atomic mass is 9.82. The van der Waals surface area contributed by atoms with Crippen molar-refractivity contribution in [2.45, 2.75) is 25.0 Å². The van der Waals surface area contributed by atoms with Crippen LogP contribution in [0.1, 0.15) is 23.6 Å². The van der Waals surface area contributed by atoms with Crippen LogP contribution in [-0.4, -0.2) is 40.1 Å². The second-order valence-electron chi connectivity index (χ2n) is 8.73. The third-order valence-electron chi connectivity index (χ3n) is 6.76. The van der Waals surface area contributed by atoms with Gasteiger partial charge in [0.15, 0.2) is 0 Å². The van der Waals surface area contributed by atoms with Gasteiger partial charge in [-0.15, -0.1) is 0 Å². The van der Waals surface area contributed by atoms with Crippen LogP contribution in [0.4, 0.5) is 11.4 Å². The van der Waals surface area contributed by atoms with E-state index < -0.39 is 0 Å². The molecule has 1 saturated heterocycles.